The minimum Gasteiger partial charge on any atom is -0.330 e. The second-order valence-corrected chi connectivity index (χ2v) is 13.0. The van der Waals surface area contributed by atoms with Crippen LogP contribution in [0.5, 0.6) is 0 Å². The van der Waals surface area contributed by atoms with Gasteiger partial charge in [0, 0.05) is 13.1 Å². The summed E-state index contributed by atoms with van der Waals surface area (Å²) < 4.78 is 4.80. The number of hydrogen-bond donors (Lipinski definition) is 0. The fraction of sp³-hybridized carbons (Fsp3) is 0.533. The maximum Gasteiger partial charge on any atom is 0.0958 e. The van der Waals surface area contributed by atoms with Crippen molar-refractivity contribution in [3.05, 3.63) is 60.2 Å². The molecular formula is C30H38N4. The summed E-state index contributed by atoms with van der Waals surface area (Å²) in [7, 11) is 0. The number of benzene rings is 2. The molecule has 4 atom stereocenters. The largest absolute Gasteiger partial charge is 0.330 e. The van der Waals surface area contributed by atoms with Crippen LogP contribution in [0.4, 0.5) is 0 Å². The van der Waals surface area contributed by atoms with Crippen molar-refractivity contribution in [1.29, 1.82) is 0 Å². The third kappa shape index (κ3) is 3.95. The number of imidazole rings is 2. The normalized spacial score (nSPS) is 24.8. The van der Waals surface area contributed by atoms with Crippen LogP contribution in [0.2, 0.25) is 0 Å². The molecule has 2 aliphatic carbocycles. The molecule has 4 unspecified atom stereocenters. The van der Waals surface area contributed by atoms with E-state index < -0.39 is 0 Å². The average Bonchev–Trinajstić information content (AvgIpc) is 3.62. The zero-order valence-electron chi connectivity index (χ0n) is 21.5. The Morgan fingerprint density at radius 2 is 1.21 bits per heavy atom. The third-order valence-corrected chi connectivity index (χ3v) is 8.34. The molecule has 4 aromatic rings. The van der Waals surface area contributed by atoms with E-state index in [9.17, 15) is 0 Å². The first-order valence-corrected chi connectivity index (χ1v) is 13.0. The lowest BCUT2D eigenvalue weighted by Gasteiger charge is -2.19. The van der Waals surface area contributed by atoms with Crippen LogP contribution in [0, 0.1) is 23.7 Å². The molecule has 2 aromatic heterocycles. The minimum atomic E-state index is 0.162. The van der Waals surface area contributed by atoms with Gasteiger partial charge in [-0.05, 0) is 82.7 Å². The predicted octanol–water partition coefficient (Wildman–Crippen LogP) is 6.95. The molecule has 178 valence electrons. The van der Waals surface area contributed by atoms with E-state index in [1.54, 1.807) is 0 Å². The Morgan fingerprint density at radius 3 is 1.82 bits per heavy atom. The van der Waals surface area contributed by atoms with Crippen molar-refractivity contribution < 1.29 is 0 Å². The van der Waals surface area contributed by atoms with Crippen molar-refractivity contribution >= 4 is 22.1 Å². The van der Waals surface area contributed by atoms with Crippen molar-refractivity contribution in [2.45, 2.75) is 78.3 Å². The lowest BCUT2D eigenvalue weighted by atomic mass is 9.87. The monoisotopic (exact) mass is 454 g/mol. The summed E-state index contributed by atoms with van der Waals surface area (Å²) in [5, 5.41) is 0. The first kappa shape index (κ1) is 21.9. The molecule has 6 rings (SSSR count). The van der Waals surface area contributed by atoms with Crippen LogP contribution in [0.25, 0.3) is 22.1 Å². The summed E-state index contributed by atoms with van der Waals surface area (Å²) in [6, 6.07) is 13.6. The molecule has 0 aliphatic heterocycles. The number of aromatic nitrogens is 4. The number of fused-ring (bicyclic) bond motifs is 2. The Hall–Kier alpha value is -2.62. The molecular weight excluding hydrogens is 416 g/mol. The maximum atomic E-state index is 4.73. The average molecular weight is 455 g/mol. The van der Waals surface area contributed by atoms with E-state index in [1.165, 1.54) is 35.0 Å². The van der Waals surface area contributed by atoms with Crippen molar-refractivity contribution in [3.63, 3.8) is 0 Å². The predicted molar refractivity (Wildman–Crippen MR) is 140 cm³/mol. The fourth-order valence-electron chi connectivity index (χ4n) is 5.86. The molecule has 2 aliphatic rings. The van der Waals surface area contributed by atoms with Crippen LogP contribution in [-0.2, 0) is 23.9 Å². The highest BCUT2D eigenvalue weighted by atomic mass is 15.1. The Morgan fingerprint density at radius 1 is 0.676 bits per heavy atom. The van der Waals surface area contributed by atoms with Gasteiger partial charge in [0.1, 0.15) is 0 Å². The number of rotatable bonds is 5. The third-order valence-electron chi connectivity index (χ3n) is 8.34. The van der Waals surface area contributed by atoms with Gasteiger partial charge in [0.05, 0.1) is 34.7 Å². The quantitative estimate of drug-likeness (QED) is 0.327. The summed E-state index contributed by atoms with van der Waals surface area (Å²) in [4.78, 5) is 9.41. The van der Waals surface area contributed by atoms with Gasteiger partial charge in [0.2, 0.25) is 0 Å². The fourth-order valence-corrected chi connectivity index (χ4v) is 5.86. The Labute approximate surface area is 203 Å². The first-order chi connectivity index (χ1) is 16.1. The van der Waals surface area contributed by atoms with Gasteiger partial charge in [-0.1, -0.05) is 53.7 Å². The van der Waals surface area contributed by atoms with Gasteiger partial charge in [0.25, 0.3) is 0 Å². The van der Waals surface area contributed by atoms with Gasteiger partial charge in [-0.25, -0.2) is 9.97 Å². The lowest BCUT2D eigenvalue weighted by molar-refractivity contribution is 0.504. The van der Waals surface area contributed by atoms with Crippen LogP contribution in [-0.4, -0.2) is 19.1 Å². The Kier molecular flexibility index (Phi) is 4.79. The van der Waals surface area contributed by atoms with E-state index in [-0.39, 0.29) is 10.8 Å². The molecule has 0 N–H and O–H groups in total. The number of nitrogens with zero attached hydrogens (tertiary/aromatic N) is 4. The zero-order valence-corrected chi connectivity index (χ0v) is 21.5. The molecule has 0 spiro atoms. The molecule has 0 radical (unpaired) electrons. The van der Waals surface area contributed by atoms with Crippen LogP contribution in [0.1, 0.15) is 65.5 Å². The molecule has 2 fully saturated rings. The molecule has 2 heterocycles. The molecule has 4 heteroatoms. The summed E-state index contributed by atoms with van der Waals surface area (Å²) in [5.41, 5.74) is 7.91. The molecule has 0 saturated heterocycles. The van der Waals surface area contributed by atoms with Gasteiger partial charge in [-0.3, -0.25) is 0 Å². The second-order valence-electron chi connectivity index (χ2n) is 13.0. The van der Waals surface area contributed by atoms with Gasteiger partial charge < -0.3 is 9.13 Å². The van der Waals surface area contributed by atoms with Crippen LogP contribution >= 0.6 is 0 Å². The second kappa shape index (κ2) is 7.44. The Bertz CT molecular complexity index is 1360. The van der Waals surface area contributed by atoms with E-state index in [2.05, 4.69) is 105 Å². The molecule has 2 saturated carbocycles. The summed E-state index contributed by atoms with van der Waals surface area (Å²) >= 11 is 0. The summed E-state index contributed by atoms with van der Waals surface area (Å²) in [6.45, 7) is 15.9. The molecule has 2 aromatic carbocycles. The van der Waals surface area contributed by atoms with Gasteiger partial charge in [-0.2, -0.15) is 0 Å². The molecule has 34 heavy (non-hydrogen) atoms. The maximum absolute atomic E-state index is 4.73. The van der Waals surface area contributed by atoms with Gasteiger partial charge in [0.15, 0.2) is 0 Å². The standard InChI is InChI=1S/C30H38N4/c1-29(2,3)21-8-10-27-26(13-21)32-18-33(27)15-19-11-23(19)24-12-20(24)16-34-17-31-25-9-7-22(14-28(25)34)30(4,5)6/h7-10,13-14,17-20,23-24H,11-12,15-16H2,1-6H3. The molecule has 4 nitrogen and oxygen atoms in total. The summed E-state index contributed by atoms with van der Waals surface area (Å²) in [6.07, 6.45) is 6.86. The highest BCUT2D eigenvalue weighted by Gasteiger charge is 2.53. The lowest BCUT2D eigenvalue weighted by Crippen LogP contribution is -2.11. The van der Waals surface area contributed by atoms with Crippen molar-refractivity contribution in [2.75, 3.05) is 0 Å². The van der Waals surface area contributed by atoms with E-state index in [0.717, 1.165) is 47.8 Å². The van der Waals surface area contributed by atoms with Crippen molar-refractivity contribution in [1.82, 2.24) is 19.1 Å². The first-order valence-electron chi connectivity index (χ1n) is 13.0. The highest BCUT2D eigenvalue weighted by Crippen LogP contribution is 2.59. The van der Waals surface area contributed by atoms with E-state index >= 15 is 0 Å². The van der Waals surface area contributed by atoms with Crippen molar-refractivity contribution in [2.24, 2.45) is 23.7 Å². The van der Waals surface area contributed by atoms with E-state index in [1.807, 2.05) is 0 Å². The number of hydrogen-bond acceptors (Lipinski definition) is 2. The van der Waals surface area contributed by atoms with Crippen LogP contribution < -0.4 is 0 Å². The topological polar surface area (TPSA) is 35.6 Å². The van der Waals surface area contributed by atoms with Crippen LogP contribution in [0.3, 0.4) is 0 Å². The van der Waals surface area contributed by atoms with Crippen molar-refractivity contribution in [3.8, 4) is 0 Å². The molecule has 0 amide bonds. The van der Waals surface area contributed by atoms with Gasteiger partial charge in [-0.15, -0.1) is 0 Å². The SMILES string of the molecule is CC(C)(C)c1ccc2c(c1)ncn2CC1CC1C1CC1Cn1cnc2ccc(C(C)(C)C)cc21. The zero-order chi connectivity index (χ0) is 23.8. The van der Waals surface area contributed by atoms with Gasteiger partial charge >= 0.3 is 0 Å². The van der Waals surface area contributed by atoms with E-state index in [0.29, 0.717) is 0 Å². The van der Waals surface area contributed by atoms with Crippen LogP contribution in [0.15, 0.2) is 49.1 Å². The highest BCUT2D eigenvalue weighted by molar-refractivity contribution is 5.77. The van der Waals surface area contributed by atoms with E-state index in [4.69, 9.17) is 4.98 Å². The minimum absolute atomic E-state index is 0.162. The molecule has 0 bridgehead atoms. The summed E-state index contributed by atoms with van der Waals surface area (Å²) in [5.74, 6) is 3.38. The Balaban J connectivity index is 1.10. The smallest absolute Gasteiger partial charge is 0.0958 e.